The van der Waals surface area contributed by atoms with Crippen LogP contribution in [0.4, 0.5) is 0 Å². The average Bonchev–Trinajstić information content (AvgIpc) is 2.51. The number of hydrogen-bond acceptors (Lipinski definition) is 2. The quantitative estimate of drug-likeness (QED) is 0.735. The molecule has 0 heterocycles. The van der Waals surface area contributed by atoms with E-state index in [1.165, 1.54) is 38.5 Å². The first-order chi connectivity index (χ1) is 8.13. The number of rotatable bonds is 5. The molecule has 1 rings (SSSR count). The van der Waals surface area contributed by atoms with Gasteiger partial charge in [-0.15, -0.1) is 0 Å². The highest BCUT2D eigenvalue weighted by Crippen LogP contribution is 2.23. The standard InChI is InChI=1S/C15H28N2/c1-12(2)9-10-13(3)17-15-8-6-4-5-7-14(15)11-16/h12-15,17H,4-10H2,1-3H3. The molecule has 1 aliphatic carbocycles. The van der Waals surface area contributed by atoms with Crippen molar-refractivity contribution in [3.8, 4) is 6.07 Å². The molecule has 0 aromatic carbocycles. The fourth-order valence-electron chi connectivity index (χ4n) is 2.69. The van der Waals surface area contributed by atoms with E-state index in [1.807, 2.05) is 0 Å². The molecule has 0 saturated heterocycles. The fourth-order valence-corrected chi connectivity index (χ4v) is 2.69. The zero-order chi connectivity index (χ0) is 12.7. The van der Waals surface area contributed by atoms with Crippen molar-refractivity contribution >= 4 is 0 Å². The Balaban J connectivity index is 2.38. The molecule has 3 unspecified atom stereocenters. The second-order valence-electron chi connectivity index (χ2n) is 6.02. The summed E-state index contributed by atoms with van der Waals surface area (Å²) in [5.74, 6) is 1.01. The highest BCUT2D eigenvalue weighted by atomic mass is 14.9. The van der Waals surface area contributed by atoms with Crippen LogP contribution < -0.4 is 5.32 Å². The molecule has 2 heteroatoms. The van der Waals surface area contributed by atoms with Gasteiger partial charge < -0.3 is 5.32 Å². The van der Waals surface area contributed by atoms with Gasteiger partial charge in [0.05, 0.1) is 12.0 Å². The van der Waals surface area contributed by atoms with Crippen molar-refractivity contribution < 1.29 is 0 Å². The summed E-state index contributed by atoms with van der Waals surface area (Å²) in [5, 5.41) is 12.9. The topological polar surface area (TPSA) is 35.8 Å². The maximum Gasteiger partial charge on any atom is 0.0672 e. The van der Waals surface area contributed by atoms with Crippen LogP contribution in [0.3, 0.4) is 0 Å². The van der Waals surface area contributed by atoms with E-state index in [-0.39, 0.29) is 5.92 Å². The smallest absolute Gasteiger partial charge is 0.0672 e. The van der Waals surface area contributed by atoms with Gasteiger partial charge in [-0.05, 0) is 38.5 Å². The second-order valence-corrected chi connectivity index (χ2v) is 6.02. The molecule has 0 aliphatic heterocycles. The molecule has 3 atom stereocenters. The Kier molecular flexibility index (Phi) is 6.58. The van der Waals surface area contributed by atoms with E-state index >= 15 is 0 Å². The van der Waals surface area contributed by atoms with Crippen LogP contribution in [0.1, 0.15) is 65.7 Å². The molecule has 0 bridgehead atoms. The first kappa shape index (κ1) is 14.5. The van der Waals surface area contributed by atoms with Crippen molar-refractivity contribution in [1.82, 2.24) is 5.32 Å². The molecule has 1 fully saturated rings. The number of nitrogens with zero attached hydrogens (tertiary/aromatic N) is 1. The summed E-state index contributed by atoms with van der Waals surface area (Å²) in [6.45, 7) is 6.81. The Morgan fingerprint density at radius 2 is 1.82 bits per heavy atom. The summed E-state index contributed by atoms with van der Waals surface area (Å²) in [4.78, 5) is 0. The van der Waals surface area contributed by atoms with E-state index < -0.39 is 0 Å². The minimum Gasteiger partial charge on any atom is -0.310 e. The highest BCUT2D eigenvalue weighted by Gasteiger charge is 2.24. The molecule has 0 aromatic rings. The first-order valence-corrected chi connectivity index (χ1v) is 7.29. The molecular weight excluding hydrogens is 208 g/mol. The van der Waals surface area contributed by atoms with Crippen molar-refractivity contribution in [2.75, 3.05) is 0 Å². The molecule has 1 N–H and O–H groups in total. The molecule has 0 spiro atoms. The molecule has 1 aliphatic rings. The van der Waals surface area contributed by atoms with Crippen molar-refractivity contribution in [2.45, 2.75) is 77.8 Å². The van der Waals surface area contributed by atoms with Gasteiger partial charge in [-0.2, -0.15) is 5.26 Å². The summed E-state index contributed by atoms with van der Waals surface area (Å²) < 4.78 is 0. The van der Waals surface area contributed by atoms with Crippen LogP contribution in [-0.4, -0.2) is 12.1 Å². The summed E-state index contributed by atoms with van der Waals surface area (Å²) >= 11 is 0. The van der Waals surface area contributed by atoms with E-state index in [2.05, 4.69) is 32.2 Å². The number of nitrogens with one attached hydrogen (secondary N) is 1. The van der Waals surface area contributed by atoms with Gasteiger partial charge in [-0.3, -0.25) is 0 Å². The van der Waals surface area contributed by atoms with Crippen LogP contribution in [-0.2, 0) is 0 Å². The van der Waals surface area contributed by atoms with Gasteiger partial charge in [-0.25, -0.2) is 0 Å². The van der Waals surface area contributed by atoms with Crippen LogP contribution in [0.2, 0.25) is 0 Å². The third-order valence-electron chi connectivity index (χ3n) is 3.86. The van der Waals surface area contributed by atoms with E-state index in [0.717, 1.165) is 12.3 Å². The van der Waals surface area contributed by atoms with Gasteiger partial charge in [0.1, 0.15) is 0 Å². The fraction of sp³-hybridized carbons (Fsp3) is 0.933. The lowest BCUT2D eigenvalue weighted by atomic mass is 9.94. The SMILES string of the molecule is CC(C)CCC(C)NC1CCCCCC1C#N. The zero-order valence-corrected chi connectivity index (χ0v) is 11.7. The van der Waals surface area contributed by atoms with E-state index in [1.54, 1.807) is 0 Å². The van der Waals surface area contributed by atoms with Crippen LogP contribution in [0, 0.1) is 23.2 Å². The maximum absolute atomic E-state index is 9.23. The minimum absolute atomic E-state index is 0.235. The Bertz CT molecular complexity index is 242. The summed E-state index contributed by atoms with van der Waals surface area (Å²) in [5.41, 5.74) is 0. The Hall–Kier alpha value is -0.550. The van der Waals surface area contributed by atoms with Crippen molar-refractivity contribution in [1.29, 1.82) is 5.26 Å². The lowest BCUT2D eigenvalue weighted by Gasteiger charge is -2.25. The Morgan fingerprint density at radius 1 is 1.12 bits per heavy atom. The zero-order valence-electron chi connectivity index (χ0n) is 11.7. The van der Waals surface area contributed by atoms with Crippen LogP contribution >= 0.6 is 0 Å². The molecule has 0 radical (unpaired) electrons. The first-order valence-electron chi connectivity index (χ1n) is 7.29. The monoisotopic (exact) mass is 236 g/mol. The largest absolute Gasteiger partial charge is 0.310 e. The lowest BCUT2D eigenvalue weighted by Crippen LogP contribution is -2.40. The van der Waals surface area contributed by atoms with E-state index in [9.17, 15) is 5.26 Å². The molecule has 98 valence electrons. The van der Waals surface area contributed by atoms with Crippen molar-refractivity contribution in [2.24, 2.45) is 11.8 Å². The van der Waals surface area contributed by atoms with Crippen molar-refractivity contribution in [3.63, 3.8) is 0 Å². The summed E-state index contributed by atoms with van der Waals surface area (Å²) in [6, 6.07) is 3.49. The molecule has 0 aromatic heterocycles. The van der Waals surface area contributed by atoms with Gasteiger partial charge in [0.15, 0.2) is 0 Å². The van der Waals surface area contributed by atoms with E-state index in [4.69, 9.17) is 0 Å². The second kappa shape index (κ2) is 7.71. The highest BCUT2D eigenvalue weighted by molar-refractivity contribution is 4.94. The van der Waals surface area contributed by atoms with Gasteiger partial charge in [0, 0.05) is 12.1 Å². The normalized spacial score (nSPS) is 27.5. The average molecular weight is 236 g/mol. The van der Waals surface area contributed by atoms with E-state index in [0.29, 0.717) is 12.1 Å². The molecule has 1 saturated carbocycles. The maximum atomic E-state index is 9.23. The number of nitriles is 1. The Labute approximate surface area is 107 Å². The third kappa shape index (κ3) is 5.55. The van der Waals surface area contributed by atoms with Gasteiger partial charge >= 0.3 is 0 Å². The molecule has 17 heavy (non-hydrogen) atoms. The number of hydrogen-bond donors (Lipinski definition) is 1. The van der Waals surface area contributed by atoms with Crippen LogP contribution in [0.25, 0.3) is 0 Å². The van der Waals surface area contributed by atoms with Crippen LogP contribution in [0.15, 0.2) is 0 Å². The summed E-state index contributed by atoms with van der Waals surface area (Å²) in [7, 11) is 0. The predicted octanol–water partition coefficient (Wildman–Crippen LogP) is 3.87. The van der Waals surface area contributed by atoms with Crippen molar-refractivity contribution in [3.05, 3.63) is 0 Å². The van der Waals surface area contributed by atoms with Gasteiger partial charge in [0.2, 0.25) is 0 Å². The molecular formula is C15H28N2. The van der Waals surface area contributed by atoms with Crippen LogP contribution in [0.5, 0.6) is 0 Å². The minimum atomic E-state index is 0.235. The lowest BCUT2D eigenvalue weighted by molar-refractivity contribution is 0.337. The van der Waals surface area contributed by atoms with Gasteiger partial charge in [-0.1, -0.05) is 33.1 Å². The predicted molar refractivity (Wildman–Crippen MR) is 72.6 cm³/mol. The Morgan fingerprint density at radius 3 is 2.47 bits per heavy atom. The van der Waals surface area contributed by atoms with Gasteiger partial charge in [0.25, 0.3) is 0 Å². The third-order valence-corrected chi connectivity index (χ3v) is 3.86. The summed E-state index contributed by atoms with van der Waals surface area (Å²) in [6.07, 6.45) is 8.60. The molecule has 2 nitrogen and oxygen atoms in total. The molecule has 0 amide bonds.